The lowest BCUT2D eigenvalue weighted by molar-refractivity contribution is -0.127. The number of amides is 2. The summed E-state index contributed by atoms with van der Waals surface area (Å²) in [6.45, 7) is 6.54. The predicted molar refractivity (Wildman–Crippen MR) is 66.3 cm³/mol. The number of piperazine rings is 1. The van der Waals surface area contributed by atoms with E-state index in [0.29, 0.717) is 36.6 Å². The SMILES string of the molecule is CCC1C(=O)NCCN1C(=O)c1cc(C)oc1C. The molecular formula is C13H18N2O3. The van der Waals surface area contributed by atoms with Gasteiger partial charge in [0.1, 0.15) is 17.6 Å². The van der Waals surface area contributed by atoms with Gasteiger partial charge in [-0.05, 0) is 26.3 Å². The van der Waals surface area contributed by atoms with Gasteiger partial charge in [-0.2, -0.15) is 0 Å². The Labute approximate surface area is 106 Å². The molecule has 0 saturated carbocycles. The second-order valence-corrected chi connectivity index (χ2v) is 4.54. The molecule has 0 bridgehead atoms. The molecule has 1 atom stereocenters. The Bertz CT molecular complexity index is 479. The lowest BCUT2D eigenvalue weighted by Gasteiger charge is -2.34. The molecular weight excluding hydrogens is 232 g/mol. The van der Waals surface area contributed by atoms with Crippen LogP contribution in [-0.4, -0.2) is 35.8 Å². The molecule has 0 aliphatic carbocycles. The Morgan fingerprint density at radius 1 is 1.56 bits per heavy atom. The molecule has 0 aromatic carbocycles. The Morgan fingerprint density at radius 2 is 2.28 bits per heavy atom. The van der Waals surface area contributed by atoms with Gasteiger partial charge in [-0.15, -0.1) is 0 Å². The summed E-state index contributed by atoms with van der Waals surface area (Å²) in [6, 6.07) is 1.36. The van der Waals surface area contributed by atoms with Gasteiger partial charge in [-0.1, -0.05) is 6.92 Å². The molecule has 1 unspecified atom stereocenters. The van der Waals surface area contributed by atoms with Crippen LogP contribution in [0.25, 0.3) is 0 Å². The number of hydrogen-bond acceptors (Lipinski definition) is 3. The molecule has 1 N–H and O–H groups in total. The molecule has 2 rings (SSSR count). The Hall–Kier alpha value is -1.78. The van der Waals surface area contributed by atoms with Crippen LogP contribution in [-0.2, 0) is 4.79 Å². The van der Waals surface area contributed by atoms with Crippen LogP contribution in [0.5, 0.6) is 0 Å². The first-order valence-corrected chi connectivity index (χ1v) is 6.20. The van der Waals surface area contributed by atoms with Crippen molar-refractivity contribution in [3.05, 3.63) is 23.2 Å². The van der Waals surface area contributed by atoms with Crippen LogP contribution in [0.4, 0.5) is 0 Å². The topological polar surface area (TPSA) is 62.6 Å². The van der Waals surface area contributed by atoms with Crippen molar-refractivity contribution in [2.24, 2.45) is 0 Å². The quantitative estimate of drug-likeness (QED) is 0.859. The number of nitrogens with one attached hydrogen (secondary N) is 1. The molecule has 2 amide bonds. The van der Waals surface area contributed by atoms with E-state index in [4.69, 9.17) is 4.42 Å². The molecule has 1 fully saturated rings. The number of carbonyl (C=O) groups excluding carboxylic acids is 2. The van der Waals surface area contributed by atoms with Gasteiger partial charge in [0.05, 0.1) is 5.56 Å². The van der Waals surface area contributed by atoms with Gasteiger partial charge >= 0.3 is 0 Å². The van der Waals surface area contributed by atoms with Gasteiger partial charge in [0.25, 0.3) is 5.91 Å². The normalized spacial score (nSPS) is 19.8. The minimum atomic E-state index is -0.374. The number of nitrogens with zero attached hydrogens (tertiary/aromatic N) is 1. The van der Waals surface area contributed by atoms with Gasteiger partial charge < -0.3 is 14.6 Å². The number of furan rings is 1. The number of carbonyl (C=O) groups is 2. The maximum atomic E-state index is 12.4. The largest absolute Gasteiger partial charge is 0.466 e. The summed E-state index contributed by atoms with van der Waals surface area (Å²) in [6.07, 6.45) is 0.619. The average Bonchev–Trinajstić information content (AvgIpc) is 2.67. The van der Waals surface area contributed by atoms with Crippen molar-refractivity contribution in [1.29, 1.82) is 0 Å². The van der Waals surface area contributed by atoms with Crippen LogP contribution in [0, 0.1) is 13.8 Å². The fraction of sp³-hybridized carbons (Fsp3) is 0.538. The molecule has 1 aliphatic heterocycles. The van der Waals surface area contributed by atoms with E-state index < -0.39 is 0 Å². The van der Waals surface area contributed by atoms with E-state index in [9.17, 15) is 9.59 Å². The monoisotopic (exact) mass is 250 g/mol. The fourth-order valence-electron chi connectivity index (χ4n) is 2.36. The van der Waals surface area contributed by atoms with Gasteiger partial charge in [0.2, 0.25) is 5.91 Å². The Balaban J connectivity index is 2.27. The van der Waals surface area contributed by atoms with Gasteiger partial charge in [-0.25, -0.2) is 0 Å². The first kappa shape index (κ1) is 12.7. The number of hydrogen-bond donors (Lipinski definition) is 1. The van der Waals surface area contributed by atoms with Crippen molar-refractivity contribution >= 4 is 11.8 Å². The van der Waals surface area contributed by atoms with E-state index in [1.807, 2.05) is 13.8 Å². The second kappa shape index (κ2) is 4.84. The maximum absolute atomic E-state index is 12.4. The zero-order valence-electron chi connectivity index (χ0n) is 10.9. The van der Waals surface area contributed by atoms with Crippen LogP contribution in [0.3, 0.4) is 0 Å². The van der Waals surface area contributed by atoms with Crippen molar-refractivity contribution in [2.75, 3.05) is 13.1 Å². The first-order chi connectivity index (χ1) is 8.54. The van der Waals surface area contributed by atoms with E-state index >= 15 is 0 Å². The molecule has 0 radical (unpaired) electrons. The van der Waals surface area contributed by atoms with E-state index in [1.54, 1.807) is 17.9 Å². The number of rotatable bonds is 2. The summed E-state index contributed by atoms with van der Waals surface area (Å²) in [5.74, 6) is 1.13. The molecule has 1 aromatic heterocycles. The molecule has 1 aliphatic rings. The summed E-state index contributed by atoms with van der Waals surface area (Å²) in [5.41, 5.74) is 0.556. The highest BCUT2D eigenvalue weighted by Crippen LogP contribution is 2.19. The zero-order chi connectivity index (χ0) is 13.3. The van der Waals surface area contributed by atoms with Gasteiger partial charge in [0.15, 0.2) is 0 Å². The highest BCUT2D eigenvalue weighted by Gasteiger charge is 2.33. The van der Waals surface area contributed by atoms with Crippen LogP contribution in [0.1, 0.15) is 35.2 Å². The highest BCUT2D eigenvalue weighted by atomic mass is 16.3. The van der Waals surface area contributed by atoms with Crippen molar-refractivity contribution in [1.82, 2.24) is 10.2 Å². The smallest absolute Gasteiger partial charge is 0.258 e. The highest BCUT2D eigenvalue weighted by molar-refractivity contribution is 5.99. The standard InChI is InChI=1S/C13H18N2O3/c1-4-11-12(16)14-5-6-15(11)13(17)10-7-8(2)18-9(10)3/h7,11H,4-6H2,1-3H3,(H,14,16). The van der Waals surface area contributed by atoms with Crippen LogP contribution in [0.2, 0.25) is 0 Å². The van der Waals surface area contributed by atoms with Gasteiger partial charge in [-0.3, -0.25) is 9.59 Å². The molecule has 0 spiro atoms. The van der Waals surface area contributed by atoms with E-state index in [0.717, 1.165) is 0 Å². The molecule has 18 heavy (non-hydrogen) atoms. The van der Waals surface area contributed by atoms with E-state index in [-0.39, 0.29) is 17.9 Å². The van der Waals surface area contributed by atoms with Crippen molar-refractivity contribution < 1.29 is 14.0 Å². The summed E-state index contributed by atoms with van der Waals surface area (Å²) in [4.78, 5) is 25.8. The summed E-state index contributed by atoms with van der Waals surface area (Å²) >= 11 is 0. The van der Waals surface area contributed by atoms with E-state index in [2.05, 4.69) is 5.32 Å². The molecule has 98 valence electrons. The minimum Gasteiger partial charge on any atom is -0.466 e. The third-order valence-electron chi connectivity index (χ3n) is 3.25. The lowest BCUT2D eigenvalue weighted by Crippen LogP contribution is -2.56. The Morgan fingerprint density at radius 3 is 2.83 bits per heavy atom. The van der Waals surface area contributed by atoms with Gasteiger partial charge in [0, 0.05) is 13.1 Å². The van der Waals surface area contributed by atoms with Crippen LogP contribution in [0.15, 0.2) is 10.5 Å². The second-order valence-electron chi connectivity index (χ2n) is 4.54. The van der Waals surface area contributed by atoms with E-state index in [1.165, 1.54) is 0 Å². The molecule has 5 heteroatoms. The van der Waals surface area contributed by atoms with Crippen LogP contribution >= 0.6 is 0 Å². The van der Waals surface area contributed by atoms with Crippen molar-refractivity contribution in [3.8, 4) is 0 Å². The molecule has 2 heterocycles. The summed E-state index contributed by atoms with van der Waals surface area (Å²) < 4.78 is 5.37. The first-order valence-electron chi connectivity index (χ1n) is 6.20. The van der Waals surface area contributed by atoms with Crippen molar-refractivity contribution in [2.45, 2.75) is 33.2 Å². The molecule has 5 nitrogen and oxygen atoms in total. The zero-order valence-corrected chi connectivity index (χ0v) is 10.9. The summed E-state index contributed by atoms with van der Waals surface area (Å²) in [5, 5.41) is 2.78. The summed E-state index contributed by atoms with van der Waals surface area (Å²) in [7, 11) is 0. The fourth-order valence-corrected chi connectivity index (χ4v) is 2.36. The predicted octanol–water partition coefficient (Wildman–Crippen LogP) is 1.25. The average molecular weight is 250 g/mol. The van der Waals surface area contributed by atoms with Crippen molar-refractivity contribution in [3.63, 3.8) is 0 Å². The van der Waals surface area contributed by atoms with Crippen LogP contribution < -0.4 is 5.32 Å². The number of aryl methyl sites for hydroxylation is 2. The maximum Gasteiger partial charge on any atom is 0.258 e. The third kappa shape index (κ3) is 2.12. The molecule has 1 saturated heterocycles. The lowest BCUT2D eigenvalue weighted by atomic mass is 10.1. The Kier molecular flexibility index (Phi) is 3.41. The third-order valence-corrected chi connectivity index (χ3v) is 3.25. The molecule has 1 aromatic rings. The minimum absolute atomic E-state index is 0.0741.